The zero-order chi connectivity index (χ0) is 22.4. The Morgan fingerprint density at radius 1 is 0.968 bits per heavy atom. The Kier molecular flexibility index (Phi) is 6.55. The van der Waals surface area contributed by atoms with Crippen molar-refractivity contribution in [1.82, 2.24) is 4.98 Å². The smallest absolute Gasteiger partial charge is 0.419 e. The SMILES string of the molecule is COc1ccc(N(C(=O)OC(C)(C)C)c2ccccc2)cc1C(=O)Nc1cccnc1. The first-order chi connectivity index (χ1) is 14.8. The highest BCUT2D eigenvalue weighted by molar-refractivity contribution is 6.07. The van der Waals surface area contributed by atoms with E-state index in [0.717, 1.165) is 0 Å². The van der Waals surface area contributed by atoms with E-state index in [4.69, 9.17) is 9.47 Å². The second-order valence-corrected chi connectivity index (χ2v) is 7.73. The number of nitrogens with zero attached hydrogens (tertiary/aromatic N) is 2. The third kappa shape index (κ3) is 5.60. The number of nitrogens with one attached hydrogen (secondary N) is 1. The highest BCUT2D eigenvalue weighted by Gasteiger charge is 2.26. The van der Waals surface area contributed by atoms with Gasteiger partial charge in [-0.3, -0.25) is 9.78 Å². The number of carbonyl (C=O) groups excluding carboxylic acids is 2. The van der Waals surface area contributed by atoms with Crippen molar-refractivity contribution in [3.63, 3.8) is 0 Å². The first kappa shape index (κ1) is 21.8. The van der Waals surface area contributed by atoms with Gasteiger partial charge in [0.05, 0.1) is 35.9 Å². The zero-order valence-corrected chi connectivity index (χ0v) is 18.0. The fraction of sp³-hybridized carbons (Fsp3) is 0.208. The van der Waals surface area contributed by atoms with Crippen LogP contribution in [0.2, 0.25) is 0 Å². The molecule has 3 rings (SSSR count). The molecular formula is C24H25N3O4. The van der Waals surface area contributed by atoms with Crippen LogP contribution in [-0.4, -0.2) is 29.7 Å². The summed E-state index contributed by atoms with van der Waals surface area (Å²) in [6.07, 6.45) is 2.61. The van der Waals surface area contributed by atoms with E-state index in [1.165, 1.54) is 12.0 Å². The number of aromatic nitrogens is 1. The molecule has 0 unspecified atom stereocenters. The van der Waals surface area contributed by atoms with Gasteiger partial charge in [0.1, 0.15) is 11.4 Å². The van der Waals surface area contributed by atoms with E-state index in [2.05, 4.69) is 10.3 Å². The molecule has 3 aromatic rings. The minimum Gasteiger partial charge on any atom is -0.496 e. The van der Waals surface area contributed by atoms with Crippen molar-refractivity contribution in [2.24, 2.45) is 0 Å². The lowest BCUT2D eigenvalue weighted by molar-refractivity contribution is 0.0598. The molecule has 0 bridgehead atoms. The number of rotatable bonds is 5. The molecule has 7 heteroatoms. The molecular weight excluding hydrogens is 394 g/mol. The number of ether oxygens (including phenoxy) is 2. The van der Waals surface area contributed by atoms with Gasteiger partial charge in [-0.15, -0.1) is 0 Å². The molecule has 2 aromatic carbocycles. The zero-order valence-electron chi connectivity index (χ0n) is 18.0. The third-order valence-electron chi connectivity index (χ3n) is 4.20. The van der Waals surface area contributed by atoms with Gasteiger partial charge in [-0.1, -0.05) is 18.2 Å². The molecule has 0 radical (unpaired) electrons. The van der Waals surface area contributed by atoms with Crippen LogP contribution in [0, 0.1) is 0 Å². The van der Waals surface area contributed by atoms with Crippen molar-refractivity contribution in [3.05, 3.63) is 78.6 Å². The predicted octanol–water partition coefficient (Wildman–Crippen LogP) is 5.42. The van der Waals surface area contributed by atoms with Crippen LogP contribution in [0.1, 0.15) is 31.1 Å². The highest BCUT2D eigenvalue weighted by Crippen LogP contribution is 2.32. The van der Waals surface area contributed by atoms with E-state index in [0.29, 0.717) is 22.8 Å². The van der Waals surface area contributed by atoms with Crippen LogP contribution >= 0.6 is 0 Å². The summed E-state index contributed by atoms with van der Waals surface area (Å²) in [7, 11) is 1.48. The van der Waals surface area contributed by atoms with E-state index in [1.54, 1.807) is 75.6 Å². The summed E-state index contributed by atoms with van der Waals surface area (Å²) in [5, 5.41) is 2.79. The van der Waals surface area contributed by atoms with Crippen LogP contribution in [0.3, 0.4) is 0 Å². The Bertz CT molecular complexity index is 1050. The van der Waals surface area contributed by atoms with Gasteiger partial charge < -0.3 is 14.8 Å². The normalized spacial score (nSPS) is 10.8. The summed E-state index contributed by atoms with van der Waals surface area (Å²) in [5.41, 5.74) is 1.22. The second kappa shape index (κ2) is 9.30. The average molecular weight is 419 g/mol. The summed E-state index contributed by atoms with van der Waals surface area (Å²) in [4.78, 5) is 31.4. The summed E-state index contributed by atoms with van der Waals surface area (Å²) in [5.74, 6) is -0.00811. The van der Waals surface area contributed by atoms with Gasteiger partial charge in [0.2, 0.25) is 0 Å². The molecule has 0 aliphatic carbocycles. The molecule has 7 nitrogen and oxygen atoms in total. The van der Waals surface area contributed by atoms with Crippen molar-refractivity contribution in [2.75, 3.05) is 17.3 Å². The molecule has 0 atom stereocenters. The van der Waals surface area contributed by atoms with Crippen molar-refractivity contribution >= 4 is 29.1 Å². The van der Waals surface area contributed by atoms with Crippen LogP contribution in [-0.2, 0) is 4.74 Å². The second-order valence-electron chi connectivity index (χ2n) is 7.73. The standard InChI is InChI=1S/C24H25N3O4/c1-24(2,3)31-23(29)27(18-10-6-5-7-11-18)19-12-13-21(30-4)20(15-19)22(28)26-17-9-8-14-25-16-17/h5-16H,1-4H3,(H,26,28). The van der Waals surface area contributed by atoms with Gasteiger partial charge in [0.15, 0.2) is 0 Å². The molecule has 31 heavy (non-hydrogen) atoms. The van der Waals surface area contributed by atoms with E-state index in [9.17, 15) is 9.59 Å². The van der Waals surface area contributed by atoms with Crippen molar-refractivity contribution in [2.45, 2.75) is 26.4 Å². The van der Waals surface area contributed by atoms with Crippen LogP contribution in [0.25, 0.3) is 0 Å². The van der Waals surface area contributed by atoms with Crippen LogP contribution < -0.4 is 15.0 Å². The van der Waals surface area contributed by atoms with Gasteiger partial charge in [-0.25, -0.2) is 9.69 Å². The molecule has 0 spiro atoms. The maximum Gasteiger partial charge on any atom is 0.419 e. The molecule has 1 N–H and O–H groups in total. The number of para-hydroxylation sites is 1. The Labute approximate surface area is 181 Å². The van der Waals surface area contributed by atoms with Gasteiger partial charge in [0.25, 0.3) is 5.91 Å². The number of pyridine rings is 1. The molecule has 0 saturated heterocycles. The fourth-order valence-corrected chi connectivity index (χ4v) is 2.89. The van der Waals surface area contributed by atoms with Gasteiger partial charge in [-0.05, 0) is 63.2 Å². The number of hydrogen-bond donors (Lipinski definition) is 1. The minimum atomic E-state index is -0.683. The summed E-state index contributed by atoms with van der Waals surface area (Å²) in [6.45, 7) is 5.40. The van der Waals surface area contributed by atoms with E-state index < -0.39 is 11.7 Å². The van der Waals surface area contributed by atoms with Crippen molar-refractivity contribution < 1.29 is 19.1 Å². The topological polar surface area (TPSA) is 80.8 Å². The highest BCUT2D eigenvalue weighted by atomic mass is 16.6. The van der Waals surface area contributed by atoms with Crippen LogP contribution in [0.5, 0.6) is 5.75 Å². The fourth-order valence-electron chi connectivity index (χ4n) is 2.89. The lowest BCUT2D eigenvalue weighted by atomic mass is 10.1. The minimum absolute atomic E-state index is 0.272. The van der Waals surface area contributed by atoms with E-state index >= 15 is 0 Å². The van der Waals surface area contributed by atoms with Gasteiger partial charge in [0, 0.05) is 6.20 Å². The average Bonchev–Trinajstić information content (AvgIpc) is 2.74. The monoisotopic (exact) mass is 419 g/mol. The molecule has 0 aliphatic rings. The number of hydrogen-bond acceptors (Lipinski definition) is 5. The molecule has 1 aromatic heterocycles. The predicted molar refractivity (Wildman–Crippen MR) is 120 cm³/mol. The Morgan fingerprint density at radius 3 is 2.32 bits per heavy atom. The van der Waals surface area contributed by atoms with E-state index in [1.807, 2.05) is 18.2 Å². The maximum absolute atomic E-state index is 13.1. The number of benzene rings is 2. The number of methoxy groups -OCH3 is 1. The molecule has 0 saturated carbocycles. The molecule has 0 fully saturated rings. The van der Waals surface area contributed by atoms with Crippen molar-refractivity contribution in [1.29, 1.82) is 0 Å². The third-order valence-corrected chi connectivity index (χ3v) is 4.20. The maximum atomic E-state index is 13.1. The molecule has 0 aliphatic heterocycles. The quantitative estimate of drug-likeness (QED) is 0.598. The largest absolute Gasteiger partial charge is 0.496 e. The van der Waals surface area contributed by atoms with Crippen LogP contribution in [0.4, 0.5) is 21.9 Å². The summed E-state index contributed by atoms with van der Waals surface area (Å²) >= 11 is 0. The number of carbonyl (C=O) groups is 2. The van der Waals surface area contributed by atoms with Crippen LogP contribution in [0.15, 0.2) is 73.1 Å². The molecule has 1 heterocycles. The number of anilines is 3. The first-order valence-electron chi connectivity index (χ1n) is 9.76. The number of amides is 2. The van der Waals surface area contributed by atoms with Gasteiger partial charge in [-0.2, -0.15) is 0 Å². The van der Waals surface area contributed by atoms with E-state index in [-0.39, 0.29) is 11.5 Å². The first-order valence-corrected chi connectivity index (χ1v) is 9.76. The molecule has 2 amide bonds. The summed E-state index contributed by atoms with van der Waals surface area (Å²) in [6, 6.07) is 17.5. The lowest BCUT2D eigenvalue weighted by Crippen LogP contribution is -2.34. The van der Waals surface area contributed by atoms with Crippen molar-refractivity contribution in [3.8, 4) is 5.75 Å². The molecule has 160 valence electrons. The van der Waals surface area contributed by atoms with Gasteiger partial charge >= 0.3 is 6.09 Å². The Balaban J connectivity index is 2.02. The lowest BCUT2D eigenvalue weighted by Gasteiger charge is -2.28. The Hall–Kier alpha value is -3.87. The Morgan fingerprint density at radius 2 is 1.71 bits per heavy atom. The summed E-state index contributed by atoms with van der Waals surface area (Å²) < 4.78 is 11.0.